The van der Waals surface area contributed by atoms with Gasteiger partial charge < -0.3 is 5.32 Å². The van der Waals surface area contributed by atoms with Crippen LogP contribution in [-0.2, 0) is 4.79 Å². The molecule has 0 saturated carbocycles. The number of amides is 3. The van der Waals surface area contributed by atoms with Crippen molar-refractivity contribution in [2.45, 2.75) is 24.0 Å². The number of imide groups is 1. The second-order valence-corrected chi connectivity index (χ2v) is 5.82. The first-order valence-electron chi connectivity index (χ1n) is 6.71. The smallest absolute Gasteiger partial charge is 0.321 e. The van der Waals surface area contributed by atoms with Crippen LogP contribution < -0.4 is 10.6 Å². The molecule has 1 heterocycles. The first-order valence-corrected chi connectivity index (χ1v) is 7.59. The van der Waals surface area contributed by atoms with Gasteiger partial charge in [-0.15, -0.1) is 11.8 Å². The molecule has 1 aromatic heterocycles. The molecule has 0 saturated heterocycles. The van der Waals surface area contributed by atoms with E-state index in [0.717, 1.165) is 15.8 Å². The molecule has 6 heteroatoms. The number of hydrogen-bond donors (Lipinski definition) is 2. The number of fused-ring (bicyclic) bond motifs is 1. The number of urea groups is 1. The maximum absolute atomic E-state index is 12.0. The Balaban J connectivity index is 2.09. The maximum atomic E-state index is 12.0. The Morgan fingerprint density at radius 2 is 2.05 bits per heavy atom. The van der Waals surface area contributed by atoms with Gasteiger partial charge in [-0.3, -0.25) is 15.1 Å². The standard InChI is InChI=1S/C15H17N3O2S/c1-3-16-15(20)18-14(19)10(2)21-12-8-4-6-11-7-5-9-17-13(11)12/h4-10H,3H2,1-2H3,(H2,16,18,19,20)/t10-/m0/s1. The minimum atomic E-state index is -0.467. The lowest BCUT2D eigenvalue weighted by Crippen LogP contribution is -2.42. The Hall–Kier alpha value is -2.08. The SMILES string of the molecule is CCNC(=O)NC(=O)[C@H](C)Sc1cccc2cccnc12. The minimum absolute atomic E-state index is 0.320. The number of carbonyl (C=O) groups is 2. The van der Waals surface area contributed by atoms with E-state index in [1.54, 1.807) is 20.0 Å². The summed E-state index contributed by atoms with van der Waals surface area (Å²) in [5.41, 5.74) is 0.864. The summed E-state index contributed by atoms with van der Waals surface area (Å²) >= 11 is 1.39. The van der Waals surface area contributed by atoms with E-state index in [1.807, 2.05) is 30.3 Å². The summed E-state index contributed by atoms with van der Waals surface area (Å²) < 4.78 is 0. The highest BCUT2D eigenvalue weighted by Crippen LogP contribution is 2.29. The van der Waals surface area contributed by atoms with E-state index in [1.165, 1.54) is 11.8 Å². The third-order valence-corrected chi connectivity index (χ3v) is 3.99. The van der Waals surface area contributed by atoms with Crippen LogP contribution in [0.2, 0.25) is 0 Å². The number of para-hydroxylation sites is 1. The molecule has 0 fully saturated rings. The summed E-state index contributed by atoms with van der Waals surface area (Å²) in [6, 6.07) is 9.22. The zero-order valence-electron chi connectivity index (χ0n) is 11.9. The number of rotatable bonds is 4. The van der Waals surface area contributed by atoms with Crippen LogP contribution in [0.5, 0.6) is 0 Å². The van der Waals surface area contributed by atoms with Gasteiger partial charge in [0.15, 0.2) is 0 Å². The summed E-state index contributed by atoms with van der Waals surface area (Å²) in [4.78, 5) is 28.6. The van der Waals surface area contributed by atoms with E-state index in [2.05, 4.69) is 15.6 Å². The second kappa shape index (κ2) is 7.08. The predicted octanol–water partition coefficient (Wildman–Crippen LogP) is 2.56. The quantitative estimate of drug-likeness (QED) is 0.852. The minimum Gasteiger partial charge on any atom is -0.338 e. The van der Waals surface area contributed by atoms with Crippen molar-refractivity contribution in [1.29, 1.82) is 0 Å². The van der Waals surface area contributed by atoms with Crippen molar-refractivity contribution < 1.29 is 9.59 Å². The lowest BCUT2D eigenvalue weighted by atomic mass is 10.2. The Morgan fingerprint density at radius 3 is 2.81 bits per heavy atom. The van der Waals surface area contributed by atoms with E-state index in [-0.39, 0.29) is 11.2 Å². The van der Waals surface area contributed by atoms with E-state index in [4.69, 9.17) is 0 Å². The molecule has 110 valence electrons. The molecule has 1 aromatic carbocycles. The van der Waals surface area contributed by atoms with E-state index in [9.17, 15) is 9.59 Å². The third-order valence-electron chi connectivity index (χ3n) is 2.84. The van der Waals surface area contributed by atoms with Gasteiger partial charge in [-0.1, -0.05) is 18.2 Å². The third kappa shape index (κ3) is 3.95. The van der Waals surface area contributed by atoms with Crippen LogP contribution in [0.15, 0.2) is 41.4 Å². The van der Waals surface area contributed by atoms with E-state index >= 15 is 0 Å². The maximum Gasteiger partial charge on any atom is 0.321 e. The van der Waals surface area contributed by atoms with Gasteiger partial charge in [0.1, 0.15) is 0 Å². The van der Waals surface area contributed by atoms with Crippen molar-refractivity contribution >= 4 is 34.6 Å². The van der Waals surface area contributed by atoms with Gasteiger partial charge in [0.05, 0.1) is 10.8 Å². The summed E-state index contributed by atoms with van der Waals surface area (Å²) in [7, 11) is 0. The van der Waals surface area contributed by atoms with Crippen LogP contribution in [-0.4, -0.2) is 28.7 Å². The number of pyridine rings is 1. The van der Waals surface area contributed by atoms with Crippen molar-refractivity contribution in [2.75, 3.05) is 6.54 Å². The van der Waals surface area contributed by atoms with E-state index in [0.29, 0.717) is 6.54 Å². The highest BCUT2D eigenvalue weighted by Gasteiger charge is 2.17. The Morgan fingerprint density at radius 1 is 1.29 bits per heavy atom. The van der Waals surface area contributed by atoms with Crippen LogP contribution in [0.1, 0.15) is 13.8 Å². The molecule has 0 unspecified atom stereocenters. The monoisotopic (exact) mass is 303 g/mol. The van der Waals surface area contributed by atoms with Crippen molar-refractivity contribution in [3.8, 4) is 0 Å². The lowest BCUT2D eigenvalue weighted by molar-refractivity contribution is -0.119. The van der Waals surface area contributed by atoms with Crippen molar-refractivity contribution in [3.05, 3.63) is 36.5 Å². The fraction of sp³-hybridized carbons (Fsp3) is 0.267. The fourth-order valence-electron chi connectivity index (χ4n) is 1.83. The van der Waals surface area contributed by atoms with Crippen molar-refractivity contribution in [3.63, 3.8) is 0 Å². The average molecular weight is 303 g/mol. The Labute approximate surface area is 127 Å². The average Bonchev–Trinajstić information content (AvgIpc) is 2.47. The number of carbonyl (C=O) groups excluding carboxylic acids is 2. The molecule has 0 spiro atoms. The van der Waals surface area contributed by atoms with Gasteiger partial charge >= 0.3 is 6.03 Å². The van der Waals surface area contributed by atoms with Crippen LogP contribution >= 0.6 is 11.8 Å². The number of thioether (sulfide) groups is 1. The van der Waals surface area contributed by atoms with Gasteiger partial charge in [0.25, 0.3) is 0 Å². The summed E-state index contributed by atoms with van der Waals surface area (Å²) in [5, 5.41) is 5.49. The summed E-state index contributed by atoms with van der Waals surface area (Å²) in [5.74, 6) is -0.320. The molecule has 0 aliphatic carbocycles. The fourth-order valence-corrected chi connectivity index (χ4v) is 2.82. The first kappa shape index (κ1) is 15.3. The van der Waals surface area contributed by atoms with Gasteiger partial charge in [-0.25, -0.2) is 4.79 Å². The van der Waals surface area contributed by atoms with Crippen molar-refractivity contribution in [2.24, 2.45) is 0 Å². The molecule has 0 bridgehead atoms. The second-order valence-electron chi connectivity index (χ2n) is 4.44. The van der Waals surface area contributed by atoms with Crippen LogP contribution in [0.3, 0.4) is 0 Å². The molecule has 3 amide bonds. The molecular formula is C15H17N3O2S. The molecule has 2 N–H and O–H groups in total. The highest BCUT2D eigenvalue weighted by atomic mass is 32.2. The number of aromatic nitrogens is 1. The van der Waals surface area contributed by atoms with Crippen LogP contribution in [0, 0.1) is 0 Å². The zero-order chi connectivity index (χ0) is 15.2. The van der Waals surface area contributed by atoms with E-state index < -0.39 is 6.03 Å². The van der Waals surface area contributed by atoms with Crippen LogP contribution in [0.4, 0.5) is 4.79 Å². The summed E-state index contributed by atoms with van der Waals surface area (Å²) in [6.45, 7) is 4.04. The molecule has 2 rings (SSSR count). The molecular weight excluding hydrogens is 286 g/mol. The highest BCUT2D eigenvalue weighted by molar-refractivity contribution is 8.00. The molecule has 5 nitrogen and oxygen atoms in total. The van der Waals surface area contributed by atoms with Gasteiger partial charge in [-0.2, -0.15) is 0 Å². The summed E-state index contributed by atoms with van der Waals surface area (Å²) in [6.07, 6.45) is 1.73. The Kier molecular flexibility index (Phi) is 5.16. The number of benzene rings is 1. The molecule has 1 atom stereocenters. The van der Waals surface area contributed by atoms with Gasteiger partial charge in [0.2, 0.25) is 5.91 Å². The zero-order valence-corrected chi connectivity index (χ0v) is 12.7. The van der Waals surface area contributed by atoms with Crippen LogP contribution in [0.25, 0.3) is 10.9 Å². The number of nitrogens with one attached hydrogen (secondary N) is 2. The Bertz CT molecular complexity index is 655. The molecule has 21 heavy (non-hydrogen) atoms. The van der Waals surface area contributed by atoms with Gasteiger partial charge in [-0.05, 0) is 26.0 Å². The lowest BCUT2D eigenvalue weighted by Gasteiger charge is -2.12. The molecule has 0 aliphatic rings. The number of hydrogen-bond acceptors (Lipinski definition) is 4. The predicted molar refractivity (Wildman–Crippen MR) is 84.3 cm³/mol. The van der Waals surface area contributed by atoms with Gasteiger partial charge in [0, 0.05) is 23.0 Å². The molecule has 0 aliphatic heterocycles. The molecule has 2 aromatic rings. The topological polar surface area (TPSA) is 71.1 Å². The first-order chi connectivity index (χ1) is 10.1. The molecule has 0 radical (unpaired) electrons. The largest absolute Gasteiger partial charge is 0.338 e. The normalized spacial score (nSPS) is 11.9. The number of nitrogens with zero attached hydrogens (tertiary/aromatic N) is 1. The van der Waals surface area contributed by atoms with Crippen molar-refractivity contribution in [1.82, 2.24) is 15.6 Å².